The SMILES string of the molecule is Cc1c(CN2CCOCC2C(N)=O)cccc1[N+](=O)[O-]. The van der Waals surface area contributed by atoms with Crippen LogP contribution in [0.5, 0.6) is 0 Å². The Morgan fingerprint density at radius 1 is 1.60 bits per heavy atom. The number of benzene rings is 1. The number of ether oxygens (including phenoxy) is 1. The number of rotatable bonds is 4. The Morgan fingerprint density at radius 2 is 2.35 bits per heavy atom. The second kappa shape index (κ2) is 5.98. The number of nitro groups is 1. The third kappa shape index (κ3) is 2.94. The van der Waals surface area contributed by atoms with E-state index in [2.05, 4.69) is 0 Å². The standard InChI is InChI=1S/C13H17N3O4/c1-9-10(3-2-4-11(9)16(18)19)7-15-5-6-20-8-12(15)13(14)17/h2-4,12H,5-8H2,1H3,(H2,14,17). The van der Waals surface area contributed by atoms with Gasteiger partial charge in [-0.05, 0) is 12.5 Å². The van der Waals surface area contributed by atoms with Crippen LogP contribution in [0.1, 0.15) is 11.1 Å². The van der Waals surface area contributed by atoms with E-state index in [1.54, 1.807) is 13.0 Å². The van der Waals surface area contributed by atoms with Crippen molar-refractivity contribution in [3.05, 3.63) is 39.4 Å². The molecule has 1 aliphatic heterocycles. The molecular weight excluding hydrogens is 262 g/mol. The maximum absolute atomic E-state index is 11.4. The summed E-state index contributed by atoms with van der Waals surface area (Å²) in [5.41, 5.74) is 6.89. The number of primary amides is 1. The maximum atomic E-state index is 11.4. The van der Waals surface area contributed by atoms with Crippen LogP contribution in [0.3, 0.4) is 0 Å². The van der Waals surface area contributed by atoms with Crippen LogP contribution in [0.15, 0.2) is 18.2 Å². The molecule has 2 N–H and O–H groups in total. The van der Waals surface area contributed by atoms with Crippen molar-refractivity contribution < 1.29 is 14.5 Å². The third-order valence-electron chi connectivity index (χ3n) is 3.56. The van der Waals surface area contributed by atoms with Crippen LogP contribution < -0.4 is 5.73 Å². The summed E-state index contributed by atoms with van der Waals surface area (Å²) in [4.78, 5) is 23.8. The highest BCUT2D eigenvalue weighted by molar-refractivity contribution is 5.80. The number of hydrogen-bond donors (Lipinski definition) is 1. The van der Waals surface area contributed by atoms with E-state index in [1.807, 2.05) is 11.0 Å². The first-order valence-electron chi connectivity index (χ1n) is 6.34. The van der Waals surface area contributed by atoms with Crippen molar-refractivity contribution in [3.63, 3.8) is 0 Å². The summed E-state index contributed by atoms with van der Waals surface area (Å²) in [7, 11) is 0. The van der Waals surface area contributed by atoms with E-state index in [4.69, 9.17) is 10.5 Å². The lowest BCUT2D eigenvalue weighted by Gasteiger charge is -2.33. The second-order valence-corrected chi connectivity index (χ2v) is 4.78. The largest absolute Gasteiger partial charge is 0.378 e. The normalized spacial score (nSPS) is 19.8. The summed E-state index contributed by atoms with van der Waals surface area (Å²) in [6.45, 7) is 3.54. The minimum absolute atomic E-state index is 0.0892. The molecular formula is C13H17N3O4. The molecule has 1 saturated heterocycles. The van der Waals surface area contributed by atoms with E-state index in [0.29, 0.717) is 25.3 Å². The summed E-state index contributed by atoms with van der Waals surface area (Å²) in [6, 6.07) is 4.47. The minimum Gasteiger partial charge on any atom is -0.378 e. The number of nitrogens with zero attached hydrogens (tertiary/aromatic N) is 2. The van der Waals surface area contributed by atoms with Crippen LogP contribution in [-0.4, -0.2) is 41.5 Å². The van der Waals surface area contributed by atoms with Crippen molar-refractivity contribution in [1.29, 1.82) is 0 Å². The molecule has 1 fully saturated rings. The summed E-state index contributed by atoms with van der Waals surface area (Å²) in [5, 5.41) is 10.9. The number of morpholine rings is 1. The van der Waals surface area contributed by atoms with Crippen molar-refractivity contribution in [2.24, 2.45) is 5.73 Å². The van der Waals surface area contributed by atoms with Crippen molar-refractivity contribution in [2.45, 2.75) is 19.5 Å². The van der Waals surface area contributed by atoms with Gasteiger partial charge in [0.2, 0.25) is 5.91 Å². The molecule has 0 bridgehead atoms. The lowest BCUT2D eigenvalue weighted by molar-refractivity contribution is -0.385. The zero-order chi connectivity index (χ0) is 14.7. The highest BCUT2D eigenvalue weighted by atomic mass is 16.6. The van der Waals surface area contributed by atoms with Gasteiger partial charge in [-0.3, -0.25) is 19.8 Å². The van der Waals surface area contributed by atoms with Gasteiger partial charge < -0.3 is 10.5 Å². The number of carbonyl (C=O) groups is 1. The maximum Gasteiger partial charge on any atom is 0.272 e. The Balaban J connectivity index is 2.22. The molecule has 108 valence electrons. The quantitative estimate of drug-likeness (QED) is 0.642. The summed E-state index contributed by atoms with van der Waals surface area (Å²) in [5.74, 6) is -0.437. The van der Waals surface area contributed by atoms with Gasteiger partial charge in [0.25, 0.3) is 5.69 Å². The minimum atomic E-state index is -0.484. The second-order valence-electron chi connectivity index (χ2n) is 4.78. The van der Waals surface area contributed by atoms with Gasteiger partial charge in [-0.25, -0.2) is 0 Å². The number of nitrogens with two attached hydrogens (primary N) is 1. The molecule has 0 saturated carbocycles. The van der Waals surface area contributed by atoms with E-state index in [-0.39, 0.29) is 12.3 Å². The van der Waals surface area contributed by atoms with E-state index >= 15 is 0 Å². The molecule has 1 aromatic carbocycles. The number of nitro benzene ring substituents is 1. The first-order chi connectivity index (χ1) is 9.50. The van der Waals surface area contributed by atoms with Crippen LogP contribution in [-0.2, 0) is 16.1 Å². The Bertz CT molecular complexity index is 532. The third-order valence-corrected chi connectivity index (χ3v) is 3.56. The lowest BCUT2D eigenvalue weighted by Crippen LogP contribution is -2.51. The van der Waals surface area contributed by atoms with Gasteiger partial charge in [-0.1, -0.05) is 12.1 Å². The first kappa shape index (κ1) is 14.4. The van der Waals surface area contributed by atoms with Gasteiger partial charge in [0, 0.05) is 24.7 Å². The Kier molecular flexibility index (Phi) is 4.31. The van der Waals surface area contributed by atoms with Gasteiger partial charge in [0.15, 0.2) is 0 Å². The molecule has 0 spiro atoms. The van der Waals surface area contributed by atoms with Crippen LogP contribution in [0, 0.1) is 17.0 Å². The van der Waals surface area contributed by atoms with Crippen LogP contribution in [0.2, 0.25) is 0 Å². The molecule has 0 aliphatic carbocycles. The average Bonchev–Trinajstić information content (AvgIpc) is 2.41. The molecule has 2 rings (SSSR count). The molecule has 20 heavy (non-hydrogen) atoms. The van der Waals surface area contributed by atoms with Crippen LogP contribution >= 0.6 is 0 Å². The fraction of sp³-hybridized carbons (Fsp3) is 0.462. The molecule has 1 heterocycles. The van der Waals surface area contributed by atoms with Gasteiger partial charge in [-0.2, -0.15) is 0 Å². The molecule has 1 unspecified atom stereocenters. The highest BCUT2D eigenvalue weighted by Gasteiger charge is 2.28. The van der Waals surface area contributed by atoms with E-state index in [1.165, 1.54) is 6.07 Å². The molecule has 7 nitrogen and oxygen atoms in total. The van der Waals surface area contributed by atoms with Gasteiger partial charge in [0.05, 0.1) is 18.1 Å². The van der Waals surface area contributed by atoms with Crippen molar-refractivity contribution in [1.82, 2.24) is 4.90 Å². The van der Waals surface area contributed by atoms with Gasteiger partial charge in [0.1, 0.15) is 6.04 Å². The van der Waals surface area contributed by atoms with Crippen LogP contribution in [0.4, 0.5) is 5.69 Å². The fourth-order valence-electron chi connectivity index (χ4n) is 2.35. The molecule has 1 atom stereocenters. The van der Waals surface area contributed by atoms with Crippen molar-refractivity contribution in [3.8, 4) is 0 Å². The molecule has 0 aromatic heterocycles. The summed E-state index contributed by atoms with van der Waals surface area (Å²) < 4.78 is 5.25. The number of hydrogen-bond acceptors (Lipinski definition) is 5. The van der Waals surface area contributed by atoms with E-state index in [9.17, 15) is 14.9 Å². The Hall–Kier alpha value is -1.99. The van der Waals surface area contributed by atoms with Crippen molar-refractivity contribution in [2.75, 3.05) is 19.8 Å². The van der Waals surface area contributed by atoms with E-state index < -0.39 is 16.9 Å². The lowest BCUT2D eigenvalue weighted by atomic mass is 10.0. The summed E-state index contributed by atoms with van der Waals surface area (Å²) >= 11 is 0. The fourth-order valence-corrected chi connectivity index (χ4v) is 2.35. The van der Waals surface area contributed by atoms with Crippen LogP contribution in [0.25, 0.3) is 0 Å². The number of carbonyl (C=O) groups excluding carboxylic acids is 1. The first-order valence-corrected chi connectivity index (χ1v) is 6.34. The topological polar surface area (TPSA) is 98.7 Å². The summed E-state index contributed by atoms with van der Waals surface area (Å²) in [6.07, 6.45) is 0. The molecule has 7 heteroatoms. The van der Waals surface area contributed by atoms with Crippen molar-refractivity contribution >= 4 is 11.6 Å². The zero-order valence-electron chi connectivity index (χ0n) is 11.2. The Labute approximate surface area is 116 Å². The zero-order valence-corrected chi connectivity index (χ0v) is 11.2. The predicted octanol–water partition coefficient (Wildman–Crippen LogP) is 0.589. The monoisotopic (exact) mass is 279 g/mol. The number of amides is 1. The van der Waals surface area contributed by atoms with Gasteiger partial charge >= 0.3 is 0 Å². The average molecular weight is 279 g/mol. The Morgan fingerprint density at radius 3 is 3.00 bits per heavy atom. The van der Waals surface area contributed by atoms with E-state index in [0.717, 1.165) is 5.56 Å². The smallest absolute Gasteiger partial charge is 0.272 e. The predicted molar refractivity (Wildman–Crippen MR) is 72.0 cm³/mol. The highest BCUT2D eigenvalue weighted by Crippen LogP contribution is 2.23. The molecule has 1 amide bonds. The molecule has 1 aliphatic rings. The molecule has 1 aromatic rings. The van der Waals surface area contributed by atoms with Gasteiger partial charge in [-0.15, -0.1) is 0 Å². The molecule has 0 radical (unpaired) electrons.